The third-order valence-corrected chi connectivity index (χ3v) is 2.51. The summed E-state index contributed by atoms with van der Waals surface area (Å²) in [5.74, 6) is 0.879. The molecule has 2 aromatic rings. The minimum Gasteiger partial charge on any atom is -0.312 e. The predicted molar refractivity (Wildman–Crippen MR) is 64.3 cm³/mol. The first-order valence-electron chi connectivity index (χ1n) is 5.84. The average molecular weight is 234 g/mol. The molecule has 6 heteroatoms. The molecule has 0 atom stereocenters. The van der Waals surface area contributed by atoms with Gasteiger partial charge in [0, 0.05) is 44.9 Å². The highest BCUT2D eigenvalue weighted by Gasteiger charge is 1.99. The van der Waals surface area contributed by atoms with Crippen molar-refractivity contribution < 1.29 is 0 Å². The van der Waals surface area contributed by atoms with Crippen LogP contribution in [0.3, 0.4) is 0 Å². The van der Waals surface area contributed by atoms with E-state index in [1.54, 1.807) is 11.0 Å². The maximum Gasteiger partial charge on any atom is 0.151 e. The van der Waals surface area contributed by atoms with E-state index in [0.717, 1.165) is 31.9 Å². The van der Waals surface area contributed by atoms with Gasteiger partial charge in [-0.2, -0.15) is 10.2 Å². The van der Waals surface area contributed by atoms with E-state index < -0.39 is 0 Å². The maximum atomic E-state index is 4.22. The molecule has 2 heterocycles. The van der Waals surface area contributed by atoms with Gasteiger partial charge in [0.15, 0.2) is 5.82 Å². The molecule has 1 N–H and O–H groups in total. The summed E-state index contributed by atoms with van der Waals surface area (Å²) in [7, 11) is 1.88. The monoisotopic (exact) mass is 234 g/mol. The normalized spacial score (nSPS) is 10.9. The van der Waals surface area contributed by atoms with Crippen LogP contribution in [0.1, 0.15) is 18.3 Å². The topological polar surface area (TPSA) is 60.6 Å². The van der Waals surface area contributed by atoms with Gasteiger partial charge in [-0.05, 0) is 6.92 Å². The lowest BCUT2D eigenvalue weighted by Crippen LogP contribution is -2.17. The van der Waals surface area contributed by atoms with Gasteiger partial charge in [-0.25, -0.2) is 4.98 Å². The lowest BCUT2D eigenvalue weighted by molar-refractivity contribution is 0.650. The van der Waals surface area contributed by atoms with E-state index in [1.807, 2.05) is 17.9 Å². The number of rotatable bonds is 6. The second-order valence-electron chi connectivity index (χ2n) is 3.97. The van der Waals surface area contributed by atoms with E-state index in [9.17, 15) is 0 Å². The molecule has 17 heavy (non-hydrogen) atoms. The van der Waals surface area contributed by atoms with Crippen LogP contribution < -0.4 is 5.32 Å². The SMILES string of the molecule is CCn1cc(CNCCc2ncn(C)n2)cn1. The molecule has 0 amide bonds. The standard InChI is InChI=1S/C11H18N6/c1-3-17-8-10(7-14-17)6-12-5-4-11-13-9-16(2)15-11/h7-9,12H,3-6H2,1-2H3. The van der Waals surface area contributed by atoms with Crippen LogP contribution in [0.15, 0.2) is 18.7 Å². The Labute approximate surface area is 101 Å². The van der Waals surface area contributed by atoms with E-state index in [0.29, 0.717) is 0 Å². The van der Waals surface area contributed by atoms with Crippen LogP contribution in [0.2, 0.25) is 0 Å². The van der Waals surface area contributed by atoms with Crippen LogP contribution in [0, 0.1) is 0 Å². The highest BCUT2D eigenvalue weighted by Crippen LogP contribution is 1.97. The van der Waals surface area contributed by atoms with Crippen molar-refractivity contribution in [3.8, 4) is 0 Å². The number of nitrogens with one attached hydrogen (secondary N) is 1. The molecule has 6 nitrogen and oxygen atoms in total. The van der Waals surface area contributed by atoms with Crippen molar-refractivity contribution in [1.29, 1.82) is 0 Å². The molecule has 92 valence electrons. The zero-order chi connectivity index (χ0) is 12.1. The quantitative estimate of drug-likeness (QED) is 0.733. The van der Waals surface area contributed by atoms with Crippen LogP contribution >= 0.6 is 0 Å². The summed E-state index contributed by atoms with van der Waals surface area (Å²) < 4.78 is 3.65. The summed E-state index contributed by atoms with van der Waals surface area (Å²) in [6.45, 7) is 4.71. The van der Waals surface area contributed by atoms with Crippen LogP contribution in [0.25, 0.3) is 0 Å². The van der Waals surface area contributed by atoms with Gasteiger partial charge in [0.1, 0.15) is 6.33 Å². The smallest absolute Gasteiger partial charge is 0.151 e. The molecule has 0 radical (unpaired) electrons. The highest BCUT2D eigenvalue weighted by molar-refractivity contribution is 5.03. The van der Waals surface area contributed by atoms with Gasteiger partial charge < -0.3 is 5.32 Å². The molecule has 0 unspecified atom stereocenters. The van der Waals surface area contributed by atoms with Crippen LogP contribution in [-0.4, -0.2) is 31.1 Å². The second-order valence-corrected chi connectivity index (χ2v) is 3.97. The fourth-order valence-electron chi connectivity index (χ4n) is 1.60. The Morgan fingerprint density at radius 1 is 1.41 bits per heavy atom. The second kappa shape index (κ2) is 5.58. The van der Waals surface area contributed by atoms with Crippen molar-refractivity contribution in [2.75, 3.05) is 6.54 Å². The first-order chi connectivity index (χ1) is 8.28. The van der Waals surface area contributed by atoms with Crippen LogP contribution in [-0.2, 0) is 26.6 Å². The Morgan fingerprint density at radius 3 is 2.94 bits per heavy atom. The first kappa shape index (κ1) is 11.8. The van der Waals surface area contributed by atoms with Gasteiger partial charge in [-0.1, -0.05) is 0 Å². The molecule has 0 saturated heterocycles. The average Bonchev–Trinajstić information content (AvgIpc) is 2.93. The number of aryl methyl sites for hydroxylation is 2. The minimum atomic E-state index is 0.840. The maximum absolute atomic E-state index is 4.22. The summed E-state index contributed by atoms with van der Waals surface area (Å²) in [4.78, 5) is 4.17. The number of aromatic nitrogens is 5. The summed E-state index contributed by atoms with van der Waals surface area (Å²) in [6.07, 6.45) is 6.53. The lowest BCUT2D eigenvalue weighted by atomic mass is 10.3. The number of nitrogens with zero attached hydrogens (tertiary/aromatic N) is 5. The van der Waals surface area contributed by atoms with Crippen molar-refractivity contribution in [2.45, 2.75) is 26.4 Å². The van der Waals surface area contributed by atoms with Crippen molar-refractivity contribution >= 4 is 0 Å². The molecule has 0 aromatic carbocycles. The van der Waals surface area contributed by atoms with E-state index >= 15 is 0 Å². The predicted octanol–water partition coefficient (Wildman–Crippen LogP) is 0.364. The molecule has 0 spiro atoms. The summed E-state index contributed by atoms with van der Waals surface area (Å²) in [5.41, 5.74) is 1.21. The Bertz CT molecular complexity index is 458. The molecular formula is C11H18N6. The fourth-order valence-corrected chi connectivity index (χ4v) is 1.60. The van der Waals surface area contributed by atoms with Gasteiger partial charge in [0.05, 0.1) is 6.20 Å². The molecular weight excluding hydrogens is 216 g/mol. The molecule has 0 aliphatic rings. The zero-order valence-electron chi connectivity index (χ0n) is 10.3. The fraction of sp³-hybridized carbons (Fsp3) is 0.545. The molecule has 0 fully saturated rings. The number of hydrogen-bond donors (Lipinski definition) is 1. The first-order valence-corrected chi connectivity index (χ1v) is 5.84. The Kier molecular flexibility index (Phi) is 3.87. The Hall–Kier alpha value is -1.69. The van der Waals surface area contributed by atoms with E-state index in [1.165, 1.54) is 5.56 Å². The minimum absolute atomic E-state index is 0.840. The largest absolute Gasteiger partial charge is 0.312 e. The van der Waals surface area contributed by atoms with Gasteiger partial charge in [-0.3, -0.25) is 9.36 Å². The van der Waals surface area contributed by atoms with Crippen molar-refractivity contribution in [2.24, 2.45) is 7.05 Å². The summed E-state index contributed by atoms with van der Waals surface area (Å²) >= 11 is 0. The molecule has 2 aromatic heterocycles. The Balaban J connectivity index is 1.69. The van der Waals surface area contributed by atoms with Crippen LogP contribution in [0.5, 0.6) is 0 Å². The summed E-state index contributed by atoms with van der Waals surface area (Å²) in [6, 6.07) is 0. The van der Waals surface area contributed by atoms with Crippen molar-refractivity contribution in [3.63, 3.8) is 0 Å². The lowest BCUT2D eigenvalue weighted by Gasteiger charge is -2.00. The van der Waals surface area contributed by atoms with Crippen molar-refractivity contribution in [1.82, 2.24) is 29.9 Å². The molecule has 0 aliphatic heterocycles. The highest BCUT2D eigenvalue weighted by atomic mass is 15.3. The Morgan fingerprint density at radius 2 is 2.29 bits per heavy atom. The van der Waals surface area contributed by atoms with Gasteiger partial charge in [0.25, 0.3) is 0 Å². The van der Waals surface area contributed by atoms with E-state index in [4.69, 9.17) is 0 Å². The van der Waals surface area contributed by atoms with Crippen molar-refractivity contribution in [3.05, 3.63) is 30.1 Å². The summed E-state index contributed by atoms with van der Waals surface area (Å²) in [5, 5.41) is 11.8. The van der Waals surface area contributed by atoms with E-state index in [-0.39, 0.29) is 0 Å². The number of hydrogen-bond acceptors (Lipinski definition) is 4. The van der Waals surface area contributed by atoms with E-state index in [2.05, 4.69) is 33.6 Å². The molecule has 0 aliphatic carbocycles. The van der Waals surface area contributed by atoms with Gasteiger partial charge >= 0.3 is 0 Å². The third-order valence-electron chi connectivity index (χ3n) is 2.51. The molecule has 2 rings (SSSR count). The zero-order valence-corrected chi connectivity index (χ0v) is 10.3. The van der Waals surface area contributed by atoms with Gasteiger partial charge in [0.2, 0.25) is 0 Å². The third kappa shape index (κ3) is 3.39. The molecule has 0 bridgehead atoms. The van der Waals surface area contributed by atoms with Crippen LogP contribution in [0.4, 0.5) is 0 Å². The molecule has 0 saturated carbocycles. The van der Waals surface area contributed by atoms with Gasteiger partial charge in [-0.15, -0.1) is 0 Å².